The lowest BCUT2D eigenvalue weighted by Crippen LogP contribution is -2.39. The van der Waals surface area contributed by atoms with Crippen LogP contribution < -0.4 is 10.1 Å². The molecule has 2 aromatic rings. The van der Waals surface area contributed by atoms with E-state index in [1.54, 1.807) is 12.3 Å². The summed E-state index contributed by atoms with van der Waals surface area (Å²) in [6.45, 7) is 0. The van der Waals surface area contributed by atoms with Crippen molar-refractivity contribution in [3.63, 3.8) is 0 Å². The highest BCUT2D eigenvalue weighted by atomic mass is 16.6. The van der Waals surface area contributed by atoms with Gasteiger partial charge in [0.25, 0.3) is 11.6 Å². The molecule has 1 fully saturated rings. The van der Waals surface area contributed by atoms with Crippen LogP contribution in [0.1, 0.15) is 36.0 Å². The Morgan fingerprint density at radius 3 is 2.64 bits per heavy atom. The van der Waals surface area contributed by atoms with Crippen LogP contribution in [0.3, 0.4) is 0 Å². The summed E-state index contributed by atoms with van der Waals surface area (Å²) in [5.74, 6) is 0.337. The van der Waals surface area contributed by atoms with Crippen molar-refractivity contribution >= 4 is 11.6 Å². The van der Waals surface area contributed by atoms with E-state index in [1.165, 1.54) is 18.2 Å². The van der Waals surface area contributed by atoms with Gasteiger partial charge < -0.3 is 10.1 Å². The predicted molar refractivity (Wildman–Crippen MR) is 91.5 cm³/mol. The molecule has 1 saturated carbocycles. The van der Waals surface area contributed by atoms with Crippen LogP contribution in [-0.4, -0.2) is 28.0 Å². The van der Waals surface area contributed by atoms with Crippen LogP contribution in [0, 0.1) is 10.1 Å². The fourth-order valence-electron chi connectivity index (χ4n) is 2.94. The molecule has 1 heterocycles. The molecule has 0 bridgehead atoms. The maximum Gasteiger partial charge on any atom is 0.270 e. The number of ether oxygens (including phenoxy) is 1. The maximum absolute atomic E-state index is 12.3. The predicted octanol–water partition coefficient (Wildman–Crippen LogP) is 3.11. The van der Waals surface area contributed by atoms with Gasteiger partial charge in [-0.1, -0.05) is 12.1 Å². The Hall–Kier alpha value is -2.96. The number of benzene rings is 1. The Kier molecular flexibility index (Phi) is 5.23. The van der Waals surface area contributed by atoms with Gasteiger partial charge in [0.05, 0.1) is 4.92 Å². The highest BCUT2D eigenvalue weighted by Crippen LogP contribution is 2.23. The summed E-state index contributed by atoms with van der Waals surface area (Å²) in [4.78, 5) is 26.7. The fourth-order valence-corrected chi connectivity index (χ4v) is 2.94. The van der Waals surface area contributed by atoms with Crippen molar-refractivity contribution in [3.05, 3.63) is 64.3 Å². The lowest BCUT2D eigenvalue weighted by atomic mass is 9.92. The highest BCUT2D eigenvalue weighted by molar-refractivity contribution is 5.95. The number of nitro groups is 1. The van der Waals surface area contributed by atoms with Gasteiger partial charge in [-0.3, -0.25) is 14.9 Å². The molecule has 7 heteroatoms. The van der Waals surface area contributed by atoms with Gasteiger partial charge in [0.1, 0.15) is 6.10 Å². The average molecular weight is 341 g/mol. The number of nitrogens with zero attached hydrogens (tertiary/aromatic N) is 2. The number of nitrogens with one attached hydrogen (secondary N) is 1. The normalized spacial score (nSPS) is 19.8. The molecule has 0 spiro atoms. The third kappa shape index (κ3) is 4.53. The molecule has 0 unspecified atom stereocenters. The molecule has 0 saturated heterocycles. The number of carbonyl (C=O) groups is 1. The van der Waals surface area contributed by atoms with Crippen LogP contribution in [0.15, 0.2) is 48.7 Å². The minimum Gasteiger partial charge on any atom is -0.474 e. The minimum atomic E-state index is -0.503. The van der Waals surface area contributed by atoms with Crippen LogP contribution in [0.25, 0.3) is 0 Å². The number of nitro benzene ring substituents is 1. The average Bonchev–Trinajstić information content (AvgIpc) is 2.64. The summed E-state index contributed by atoms with van der Waals surface area (Å²) in [5.41, 5.74) is 0.223. The molecule has 7 nitrogen and oxygen atoms in total. The number of hydrogen-bond donors (Lipinski definition) is 1. The summed E-state index contributed by atoms with van der Waals surface area (Å²) in [6, 6.07) is 11.4. The third-order valence-corrected chi connectivity index (χ3v) is 4.25. The number of hydrogen-bond acceptors (Lipinski definition) is 5. The Morgan fingerprint density at radius 1 is 1.16 bits per heavy atom. The van der Waals surface area contributed by atoms with Crippen LogP contribution >= 0.6 is 0 Å². The van der Waals surface area contributed by atoms with E-state index < -0.39 is 4.92 Å². The maximum atomic E-state index is 12.3. The van der Waals surface area contributed by atoms with E-state index in [0.29, 0.717) is 11.4 Å². The van der Waals surface area contributed by atoms with Gasteiger partial charge >= 0.3 is 0 Å². The molecular formula is C18H19N3O4. The number of pyridine rings is 1. The number of non-ortho nitro benzene ring substituents is 1. The second kappa shape index (κ2) is 7.74. The van der Waals surface area contributed by atoms with E-state index in [0.717, 1.165) is 25.7 Å². The molecule has 0 atom stereocenters. The van der Waals surface area contributed by atoms with E-state index in [1.807, 2.05) is 18.2 Å². The van der Waals surface area contributed by atoms with Crippen molar-refractivity contribution in [2.75, 3.05) is 0 Å². The zero-order valence-electron chi connectivity index (χ0n) is 13.6. The van der Waals surface area contributed by atoms with Crippen molar-refractivity contribution in [2.24, 2.45) is 0 Å². The number of amides is 1. The van der Waals surface area contributed by atoms with Gasteiger partial charge in [0, 0.05) is 36.0 Å². The first-order valence-corrected chi connectivity index (χ1v) is 8.25. The molecule has 130 valence electrons. The summed E-state index contributed by atoms with van der Waals surface area (Å²) in [7, 11) is 0. The van der Waals surface area contributed by atoms with E-state index >= 15 is 0 Å². The smallest absolute Gasteiger partial charge is 0.270 e. The van der Waals surface area contributed by atoms with Crippen LogP contribution in [0.2, 0.25) is 0 Å². The quantitative estimate of drug-likeness (QED) is 0.666. The van der Waals surface area contributed by atoms with Crippen molar-refractivity contribution in [1.29, 1.82) is 0 Å². The SMILES string of the molecule is O=C(NC1CCC(Oc2ccccn2)CC1)c1cccc([N+](=O)[O-])c1. The molecule has 1 amide bonds. The Morgan fingerprint density at radius 2 is 1.96 bits per heavy atom. The van der Waals surface area contributed by atoms with E-state index in [4.69, 9.17) is 4.74 Å². The largest absolute Gasteiger partial charge is 0.474 e. The number of carbonyl (C=O) groups excluding carboxylic acids is 1. The van der Waals surface area contributed by atoms with Gasteiger partial charge in [-0.2, -0.15) is 0 Å². The van der Waals surface area contributed by atoms with Crippen molar-refractivity contribution in [2.45, 2.75) is 37.8 Å². The minimum absolute atomic E-state index is 0.0512. The Balaban J connectivity index is 1.51. The zero-order valence-corrected chi connectivity index (χ0v) is 13.6. The second-order valence-electron chi connectivity index (χ2n) is 6.04. The number of aromatic nitrogens is 1. The molecule has 1 aliphatic rings. The summed E-state index contributed by atoms with van der Waals surface area (Å²) < 4.78 is 5.84. The lowest BCUT2D eigenvalue weighted by Gasteiger charge is -2.29. The van der Waals surface area contributed by atoms with Crippen molar-refractivity contribution in [3.8, 4) is 5.88 Å². The molecule has 25 heavy (non-hydrogen) atoms. The standard InChI is InChI=1S/C18H19N3O4/c22-18(13-4-3-5-15(12-13)21(23)24)20-14-7-9-16(10-8-14)25-17-6-1-2-11-19-17/h1-6,11-12,14,16H,7-10H2,(H,20,22). The topological polar surface area (TPSA) is 94.4 Å². The van der Waals surface area contributed by atoms with Crippen LogP contribution in [0.5, 0.6) is 5.88 Å². The van der Waals surface area contributed by atoms with Crippen molar-refractivity contribution < 1.29 is 14.5 Å². The molecule has 1 aliphatic carbocycles. The van der Waals surface area contributed by atoms with Gasteiger partial charge in [-0.05, 0) is 37.8 Å². The van der Waals surface area contributed by atoms with Crippen LogP contribution in [-0.2, 0) is 0 Å². The number of rotatable bonds is 5. The summed E-state index contributed by atoms with van der Waals surface area (Å²) in [6.07, 6.45) is 5.06. The van der Waals surface area contributed by atoms with E-state index in [2.05, 4.69) is 10.3 Å². The Labute approximate surface area is 145 Å². The molecular weight excluding hydrogens is 322 g/mol. The van der Waals surface area contributed by atoms with E-state index in [-0.39, 0.29) is 23.7 Å². The van der Waals surface area contributed by atoms with Gasteiger partial charge in [-0.25, -0.2) is 4.98 Å². The molecule has 1 aromatic carbocycles. The highest BCUT2D eigenvalue weighted by Gasteiger charge is 2.24. The second-order valence-corrected chi connectivity index (χ2v) is 6.04. The summed E-state index contributed by atoms with van der Waals surface area (Å²) in [5, 5.41) is 13.8. The third-order valence-electron chi connectivity index (χ3n) is 4.25. The lowest BCUT2D eigenvalue weighted by molar-refractivity contribution is -0.384. The monoisotopic (exact) mass is 341 g/mol. The Bertz CT molecular complexity index is 743. The van der Waals surface area contributed by atoms with Gasteiger partial charge in [0.2, 0.25) is 5.88 Å². The van der Waals surface area contributed by atoms with E-state index in [9.17, 15) is 14.9 Å². The molecule has 3 rings (SSSR count). The first-order valence-electron chi connectivity index (χ1n) is 8.25. The van der Waals surface area contributed by atoms with Gasteiger partial charge in [0.15, 0.2) is 0 Å². The zero-order chi connectivity index (χ0) is 17.6. The van der Waals surface area contributed by atoms with Crippen molar-refractivity contribution in [1.82, 2.24) is 10.3 Å². The first-order chi connectivity index (χ1) is 12.1. The molecule has 0 aliphatic heterocycles. The summed E-state index contributed by atoms with van der Waals surface area (Å²) >= 11 is 0. The first kappa shape index (κ1) is 16.9. The molecule has 1 aromatic heterocycles. The van der Waals surface area contributed by atoms with Gasteiger partial charge in [-0.15, -0.1) is 0 Å². The molecule has 0 radical (unpaired) electrons. The van der Waals surface area contributed by atoms with Crippen LogP contribution in [0.4, 0.5) is 5.69 Å². The molecule has 1 N–H and O–H groups in total. The fraction of sp³-hybridized carbons (Fsp3) is 0.333.